The highest BCUT2D eigenvalue weighted by molar-refractivity contribution is 4.67. The fraction of sp³-hybridized carbons (Fsp3) is 1.00. The summed E-state index contributed by atoms with van der Waals surface area (Å²) in [6.07, 6.45) is 28.4. The van der Waals surface area contributed by atoms with E-state index in [1.165, 1.54) is 109 Å². The first-order valence-electron chi connectivity index (χ1n) is 10.4. The maximum Gasteiger partial charge on any atom is -0.0414 e. The first-order chi connectivity index (χ1) is 10.4. The van der Waals surface area contributed by atoms with Crippen molar-refractivity contribution in [2.45, 2.75) is 129 Å². The lowest BCUT2D eigenvalue weighted by molar-refractivity contribution is 0.459. The zero-order valence-corrected chi connectivity index (χ0v) is 15.0. The van der Waals surface area contributed by atoms with Gasteiger partial charge in [0.25, 0.3) is 0 Å². The quantitative estimate of drug-likeness (QED) is 0.268. The van der Waals surface area contributed by atoms with E-state index in [-0.39, 0.29) is 0 Å². The molecule has 0 aromatic heterocycles. The zero-order valence-electron chi connectivity index (χ0n) is 15.0. The molecule has 21 heavy (non-hydrogen) atoms. The maximum absolute atomic E-state index is 2.30. The first-order valence-corrected chi connectivity index (χ1v) is 10.4. The lowest BCUT2D eigenvalue weighted by Crippen LogP contribution is -1.92. The normalized spacial score (nSPS) is 15.9. The summed E-state index contributed by atoms with van der Waals surface area (Å²) < 4.78 is 0. The molecule has 0 saturated heterocycles. The second-order valence-electron chi connectivity index (χ2n) is 7.54. The molecule has 0 nitrogen and oxygen atoms in total. The summed E-state index contributed by atoms with van der Waals surface area (Å²) in [4.78, 5) is 0. The van der Waals surface area contributed by atoms with Crippen molar-refractivity contribution in [3.8, 4) is 0 Å². The molecule has 0 heterocycles. The van der Waals surface area contributed by atoms with E-state index in [0.717, 1.165) is 5.92 Å². The number of rotatable bonds is 15. The van der Waals surface area contributed by atoms with Crippen molar-refractivity contribution < 1.29 is 0 Å². The van der Waals surface area contributed by atoms with E-state index < -0.39 is 0 Å². The van der Waals surface area contributed by atoms with Crippen molar-refractivity contribution in [1.82, 2.24) is 0 Å². The van der Waals surface area contributed by atoms with Crippen molar-refractivity contribution in [2.75, 3.05) is 0 Å². The maximum atomic E-state index is 2.30. The average molecular weight is 295 g/mol. The van der Waals surface area contributed by atoms with Gasteiger partial charge >= 0.3 is 0 Å². The van der Waals surface area contributed by atoms with Crippen LogP contribution in [0.2, 0.25) is 0 Å². The molecule has 0 aliphatic heterocycles. The highest BCUT2D eigenvalue weighted by Gasteiger charge is 2.13. The van der Waals surface area contributed by atoms with Crippen LogP contribution in [0.4, 0.5) is 0 Å². The zero-order chi connectivity index (χ0) is 15.0. The van der Waals surface area contributed by atoms with E-state index in [9.17, 15) is 0 Å². The molecule has 0 unspecified atom stereocenters. The van der Waals surface area contributed by atoms with Crippen LogP contribution in [0.25, 0.3) is 0 Å². The van der Waals surface area contributed by atoms with Crippen LogP contribution in [0, 0.1) is 5.92 Å². The van der Waals surface area contributed by atoms with Gasteiger partial charge in [0.2, 0.25) is 0 Å². The minimum absolute atomic E-state index is 1.11. The first kappa shape index (κ1) is 19.0. The summed E-state index contributed by atoms with van der Waals surface area (Å²) in [5.41, 5.74) is 0. The van der Waals surface area contributed by atoms with Crippen LogP contribution in [-0.4, -0.2) is 0 Å². The molecule has 126 valence electrons. The SMILES string of the molecule is CCCCCCCCCCCCCCCCC1CCCC1. The molecular weight excluding hydrogens is 252 g/mol. The minimum Gasteiger partial charge on any atom is -0.0654 e. The summed E-state index contributed by atoms with van der Waals surface area (Å²) in [5, 5.41) is 0. The van der Waals surface area contributed by atoms with Crippen LogP contribution >= 0.6 is 0 Å². The van der Waals surface area contributed by atoms with E-state index in [0.29, 0.717) is 0 Å². The van der Waals surface area contributed by atoms with Gasteiger partial charge in [-0.3, -0.25) is 0 Å². The van der Waals surface area contributed by atoms with E-state index in [4.69, 9.17) is 0 Å². The Labute approximate surface area is 135 Å². The van der Waals surface area contributed by atoms with Gasteiger partial charge < -0.3 is 0 Å². The predicted molar refractivity (Wildman–Crippen MR) is 96.9 cm³/mol. The summed E-state index contributed by atoms with van der Waals surface area (Å²) in [5.74, 6) is 1.11. The Hall–Kier alpha value is 0. The van der Waals surface area contributed by atoms with Crippen LogP contribution in [0.15, 0.2) is 0 Å². The average Bonchev–Trinajstić information content (AvgIpc) is 3.01. The number of hydrogen-bond donors (Lipinski definition) is 0. The van der Waals surface area contributed by atoms with Gasteiger partial charge in [0.1, 0.15) is 0 Å². The van der Waals surface area contributed by atoms with Crippen molar-refractivity contribution in [2.24, 2.45) is 5.92 Å². The van der Waals surface area contributed by atoms with Gasteiger partial charge in [-0.2, -0.15) is 0 Å². The lowest BCUT2D eigenvalue weighted by Gasteiger charge is -2.08. The smallest absolute Gasteiger partial charge is 0.0414 e. The predicted octanol–water partition coefficient (Wildman–Crippen LogP) is 8.05. The van der Waals surface area contributed by atoms with Crippen LogP contribution < -0.4 is 0 Å². The van der Waals surface area contributed by atoms with E-state index in [2.05, 4.69) is 6.92 Å². The highest BCUT2D eigenvalue weighted by atomic mass is 14.2. The molecular formula is C21H42. The standard InChI is InChI=1S/C21H42/c1-2-3-4-5-6-7-8-9-10-11-12-13-14-15-18-21-19-16-17-20-21/h21H,2-20H2,1H3. The molecule has 1 rings (SSSR count). The molecule has 0 bridgehead atoms. The molecule has 0 aromatic carbocycles. The van der Waals surface area contributed by atoms with Gasteiger partial charge in [-0.15, -0.1) is 0 Å². The molecule has 0 heteroatoms. The van der Waals surface area contributed by atoms with Crippen molar-refractivity contribution in [3.05, 3.63) is 0 Å². The van der Waals surface area contributed by atoms with E-state index >= 15 is 0 Å². The van der Waals surface area contributed by atoms with E-state index in [1.54, 1.807) is 12.8 Å². The van der Waals surface area contributed by atoms with Gasteiger partial charge in [0.05, 0.1) is 0 Å². The molecule has 0 atom stereocenters. The number of hydrogen-bond acceptors (Lipinski definition) is 0. The van der Waals surface area contributed by atoms with Gasteiger partial charge in [0, 0.05) is 0 Å². The Morgan fingerprint density at radius 3 is 1.33 bits per heavy atom. The van der Waals surface area contributed by atoms with Crippen molar-refractivity contribution in [1.29, 1.82) is 0 Å². The Balaban J connectivity index is 1.65. The van der Waals surface area contributed by atoms with Crippen molar-refractivity contribution >= 4 is 0 Å². The van der Waals surface area contributed by atoms with E-state index in [1.807, 2.05) is 0 Å². The van der Waals surface area contributed by atoms with Crippen LogP contribution in [-0.2, 0) is 0 Å². The molecule has 1 aliphatic carbocycles. The molecule has 1 aliphatic rings. The van der Waals surface area contributed by atoms with Crippen LogP contribution in [0.5, 0.6) is 0 Å². The second-order valence-corrected chi connectivity index (χ2v) is 7.54. The Bertz CT molecular complexity index is 190. The Morgan fingerprint density at radius 1 is 0.524 bits per heavy atom. The summed E-state index contributed by atoms with van der Waals surface area (Å²) >= 11 is 0. The Kier molecular flexibility index (Phi) is 13.5. The molecule has 0 spiro atoms. The third kappa shape index (κ3) is 12.2. The molecule has 1 saturated carbocycles. The third-order valence-corrected chi connectivity index (χ3v) is 5.44. The monoisotopic (exact) mass is 294 g/mol. The summed E-state index contributed by atoms with van der Waals surface area (Å²) in [6, 6.07) is 0. The topological polar surface area (TPSA) is 0 Å². The van der Waals surface area contributed by atoms with Gasteiger partial charge in [-0.25, -0.2) is 0 Å². The third-order valence-electron chi connectivity index (χ3n) is 5.44. The number of unbranched alkanes of at least 4 members (excludes halogenated alkanes) is 13. The summed E-state index contributed by atoms with van der Waals surface area (Å²) in [7, 11) is 0. The highest BCUT2D eigenvalue weighted by Crippen LogP contribution is 2.29. The minimum atomic E-state index is 1.11. The summed E-state index contributed by atoms with van der Waals surface area (Å²) in [6.45, 7) is 2.30. The molecule has 0 N–H and O–H groups in total. The molecule has 0 amide bonds. The van der Waals surface area contributed by atoms with Gasteiger partial charge in [0.15, 0.2) is 0 Å². The lowest BCUT2D eigenvalue weighted by atomic mass is 9.99. The Morgan fingerprint density at radius 2 is 0.905 bits per heavy atom. The fourth-order valence-electron chi connectivity index (χ4n) is 3.93. The molecule has 0 radical (unpaired) electrons. The fourth-order valence-corrected chi connectivity index (χ4v) is 3.93. The van der Waals surface area contributed by atoms with Crippen LogP contribution in [0.1, 0.15) is 129 Å². The second kappa shape index (κ2) is 14.9. The van der Waals surface area contributed by atoms with Crippen LogP contribution in [0.3, 0.4) is 0 Å². The molecule has 1 fully saturated rings. The van der Waals surface area contributed by atoms with Gasteiger partial charge in [-0.1, -0.05) is 129 Å². The largest absolute Gasteiger partial charge is 0.0654 e. The molecule has 0 aromatic rings. The van der Waals surface area contributed by atoms with Gasteiger partial charge in [-0.05, 0) is 5.92 Å². The van der Waals surface area contributed by atoms with Crippen molar-refractivity contribution in [3.63, 3.8) is 0 Å².